The van der Waals surface area contributed by atoms with Gasteiger partial charge in [-0.1, -0.05) is 32.6 Å². The minimum absolute atomic E-state index is 0.0632. The Bertz CT molecular complexity index is 905. The Balaban J connectivity index is 1.69. The number of benzene rings is 2. The van der Waals surface area contributed by atoms with E-state index in [0.29, 0.717) is 36.3 Å². The predicted octanol–water partition coefficient (Wildman–Crippen LogP) is 5.06. The Morgan fingerprint density at radius 3 is 2.29 bits per heavy atom. The van der Waals surface area contributed by atoms with Gasteiger partial charge >= 0.3 is 5.97 Å². The summed E-state index contributed by atoms with van der Waals surface area (Å²) in [5.41, 5.74) is 0.804. The second-order valence-electron chi connectivity index (χ2n) is 7.49. The molecule has 0 spiro atoms. The predicted molar refractivity (Wildman–Crippen MR) is 116 cm³/mol. The Kier molecular flexibility index (Phi) is 9.18. The van der Waals surface area contributed by atoms with Gasteiger partial charge in [0.1, 0.15) is 17.1 Å². The second-order valence-corrected chi connectivity index (χ2v) is 7.49. The Morgan fingerprint density at radius 1 is 0.903 bits per heavy atom. The molecule has 0 unspecified atom stereocenters. The number of carboxylic acids is 1. The van der Waals surface area contributed by atoms with Crippen molar-refractivity contribution in [2.75, 3.05) is 6.61 Å². The summed E-state index contributed by atoms with van der Waals surface area (Å²) in [5, 5.41) is 38.1. The number of phenolic OH excluding ortho intramolecular Hbond substituents is 2. The molecule has 0 saturated carbocycles. The van der Waals surface area contributed by atoms with Crippen LogP contribution in [0.25, 0.3) is 0 Å². The highest BCUT2D eigenvalue weighted by atomic mass is 16.5. The van der Waals surface area contributed by atoms with Crippen LogP contribution in [0.5, 0.6) is 23.0 Å². The van der Waals surface area contributed by atoms with Gasteiger partial charge in [-0.25, -0.2) is 4.79 Å². The monoisotopic (exact) mass is 430 g/mol. The van der Waals surface area contributed by atoms with Crippen LogP contribution in [0, 0.1) is 0 Å². The van der Waals surface area contributed by atoms with E-state index in [0.717, 1.165) is 38.5 Å². The third kappa shape index (κ3) is 6.91. The Labute approximate surface area is 181 Å². The van der Waals surface area contributed by atoms with Gasteiger partial charge in [-0.15, -0.1) is 0 Å². The van der Waals surface area contributed by atoms with Crippen molar-refractivity contribution in [3.05, 3.63) is 47.0 Å². The van der Waals surface area contributed by atoms with Crippen molar-refractivity contribution in [1.29, 1.82) is 0 Å². The van der Waals surface area contributed by atoms with E-state index < -0.39 is 5.97 Å². The zero-order valence-corrected chi connectivity index (χ0v) is 17.8. The number of carbonyl (C=O) groups is 2. The van der Waals surface area contributed by atoms with Crippen molar-refractivity contribution in [2.45, 2.75) is 58.3 Å². The van der Waals surface area contributed by atoms with Gasteiger partial charge in [0.2, 0.25) is 0 Å². The van der Waals surface area contributed by atoms with Gasteiger partial charge in [0.05, 0.1) is 6.61 Å². The largest absolute Gasteiger partial charge is 0.507 e. The minimum Gasteiger partial charge on any atom is -0.507 e. The first kappa shape index (κ1) is 24.1. The van der Waals surface area contributed by atoms with E-state index in [2.05, 4.69) is 0 Å². The maximum absolute atomic E-state index is 12.1. The maximum atomic E-state index is 12.1. The van der Waals surface area contributed by atoms with Crippen LogP contribution in [0.1, 0.15) is 78.1 Å². The average molecular weight is 430 g/mol. The number of hydrogen-bond acceptors (Lipinski definition) is 6. The van der Waals surface area contributed by atoms with Crippen LogP contribution in [0.15, 0.2) is 30.3 Å². The molecule has 7 nitrogen and oxygen atoms in total. The molecule has 2 aromatic rings. The molecule has 0 atom stereocenters. The molecule has 168 valence electrons. The first-order valence-corrected chi connectivity index (χ1v) is 10.6. The third-order valence-corrected chi connectivity index (χ3v) is 5.07. The molecule has 0 amide bonds. The number of unbranched alkanes of at least 4 members (excludes halogenated alkanes) is 4. The van der Waals surface area contributed by atoms with Crippen molar-refractivity contribution >= 4 is 11.8 Å². The molecule has 0 heterocycles. The van der Waals surface area contributed by atoms with Crippen molar-refractivity contribution in [2.24, 2.45) is 0 Å². The molecule has 0 aliphatic carbocycles. The first-order chi connectivity index (χ1) is 14.8. The lowest BCUT2D eigenvalue weighted by molar-refractivity contribution is 0.0693. The van der Waals surface area contributed by atoms with Crippen LogP contribution in [-0.4, -0.2) is 38.8 Å². The second kappa shape index (κ2) is 11.8. The highest BCUT2D eigenvalue weighted by molar-refractivity contribution is 5.96. The lowest BCUT2D eigenvalue weighted by Crippen LogP contribution is -2.04. The maximum Gasteiger partial charge on any atom is 0.339 e. The molecule has 2 rings (SSSR count). The van der Waals surface area contributed by atoms with E-state index >= 15 is 0 Å². The smallest absolute Gasteiger partial charge is 0.339 e. The van der Waals surface area contributed by atoms with Gasteiger partial charge in [0, 0.05) is 17.5 Å². The Morgan fingerprint density at radius 2 is 1.61 bits per heavy atom. The molecule has 0 fully saturated rings. The molecule has 0 aromatic heterocycles. The van der Waals surface area contributed by atoms with Crippen molar-refractivity contribution in [3.63, 3.8) is 0 Å². The average Bonchev–Trinajstić information content (AvgIpc) is 2.73. The van der Waals surface area contributed by atoms with Crippen molar-refractivity contribution < 1.29 is 34.8 Å². The summed E-state index contributed by atoms with van der Waals surface area (Å²) in [6.07, 6.45) is 6.00. The molecule has 0 aliphatic heterocycles. The number of Topliss-reactive ketones (excluding diaryl/α,β-unsaturated/α-hetero) is 1. The van der Waals surface area contributed by atoms with Crippen LogP contribution >= 0.6 is 0 Å². The van der Waals surface area contributed by atoms with E-state index in [1.807, 2.05) is 6.92 Å². The summed E-state index contributed by atoms with van der Waals surface area (Å²) in [5.74, 6) is -1.47. The molecule has 2 aromatic carbocycles. The van der Waals surface area contributed by atoms with Gasteiger partial charge in [-0.3, -0.25) is 4.79 Å². The first-order valence-electron chi connectivity index (χ1n) is 10.6. The zero-order chi connectivity index (χ0) is 22.8. The standard InChI is InChI=1S/C24H30O7/c1-2-8-17-22(13-11-18(23(17)28)24(29)30)31-14-7-5-3-4-6-9-19(25)16-10-12-20(26)21(27)15-16/h10-13,15,26-28H,2-9,14H2,1H3,(H,29,30). The van der Waals surface area contributed by atoms with Crippen LogP contribution in [0.4, 0.5) is 0 Å². The van der Waals surface area contributed by atoms with Gasteiger partial charge in [-0.05, 0) is 49.6 Å². The number of phenols is 3. The fourth-order valence-corrected chi connectivity index (χ4v) is 3.36. The van der Waals surface area contributed by atoms with Crippen LogP contribution in [0.2, 0.25) is 0 Å². The molecule has 0 radical (unpaired) electrons. The fourth-order valence-electron chi connectivity index (χ4n) is 3.36. The molecule has 7 heteroatoms. The van der Waals surface area contributed by atoms with E-state index in [4.69, 9.17) is 9.84 Å². The molecule has 0 bridgehead atoms. The van der Waals surface area contributed by atoms with Gasteiger partial charge in [-0.2, -0.15) is 0 Å². The SMILES string of the molecule is CCCc1c(OCCCCCCCC(=O)c2ccc(O)c(O)c2)ccc(C(=O)O)c1O. The van der Waals surface area contributed by atoms with Crippen LogP contribution in [0.3, 0.4) is 0 Å². The summed E-state index contributed by atoms with van der Waals surface area (Å²) in [4.78, 5) is 23.3. The normalized spacial score (nSPS) is 10.7. The topological polar surface area (TPSA) is 124 Å². The number of ketones is 1. The molecule has 31 heavy (non-hydrogen) atoms. The summed E-state index contributed by atoms with van der Waals surface area (Å²) in [7, 11) is 0. The van der Waals surface area contributed by atoms with E-state index in [1.165, 1.54) is 24.3 Å². The van der Waals surface area contributed by atoms with Gasteiger partial charge in [0.15, 0.2) is 17.3 Å². The number of aromatic carboxylic acids is 1. The highest BCUT2D eigenvalue weighted by Gasteiger charge is 2.17. The molecule has 0 aliphatic rings. The third-order valence-electron chi connectivity index (χ3n) is 5.07. The lowest BCUT2D eigenvalue weighted by Gasteiger charge is -2.14. The zero-order valence-electron chi connectivity index (χ0n) is 17.8. The number of ether oxygens (including phenoxy) is 1. The summed E-state index contributed by atoms with van der Waals surface area (Å²) in [6, 6.07) is 7.05. The summed E-state index contributed by atoms with van der Waals surface area (Å²) < 4.78 is 5.78. The summed E-state index contributed by atoms with van der Waals surface area (Å²) in [6.45, 7) is 2.42. The van der Waals surface area contributed by atoms with Gasteiger partial charge in [0.25, 0.3) is 0 Å². The number of rotatable bonds is 13. The molecule has 4 N–H and O–H groups in total. The van der Waals surface area contributed by atoms with E-state index in [9.17, 15) is 24.9 Å². The van der Waals surface area contributed by atoms with Crippen LogP contribution in [-0.2, 0) is 6.42 Å². The van der Waals surface area contributed by atoms with Gasteiger partial charge < -0.3 is 25.2 Å². The van der Waals surface area contributed by atoms with E-state index in [1.54, 1.807) is 6.07 Å². The molecule has 0 saturated heterocycles. The molecular weight excluding hydrogens is 400 g/mol. The van der Waals surface area contributed by atoms with E-state index in [-0.39, 0.29) is 28.6 Å². The van der Waals surface area contributed by atoms with Crippen LogP contribution < -0.4 is 4.74 Å². The van der Waals surface area contributed by atoms with Crippen molar-refractivity contribution in [1.82, 2.24) is 0 Å². The lowest BCUT2D eigenvalue weighted by atomic mass is 10.0. The number of aromatic hydroxyl groups is 3. The minimum atomic E-state index is -1.16. The number of carbonyl (C=O) groups excluding carboxylic acids is 1. The molecular formula is C24H30O7. The quantitative estimate of drug-likeness (QED) is 0.199. The van der Waals surface area contributed by atoms with Crippen molar-refractivity contribution in [3.8, 4) is 23.0 Å². The Hall–Kier alpha value is -3.22. The summed E-state index contributed by atoms with van der Waals surface area (Å²) >= 11 is 0. The number of carboxylic acid groups (broad SMARTS) is 1. The fraction of sp³-hybridized carbons (Fsp3) is 0.417. The highest BCUT2D eigenvalue weighted by Crippen LogP contribution is 2.33. The number of hydrogen-bond donors (Lipinski definition) is 4.